The Hall–Kier alpha value is -2.77. The zero-order valence-corrected chi connectivity index (χ0v) is 16.8. The summed E-state index contributed by atoms with van der Waals surface area (Å²) in [6.07, 6.45) is 0. The minimum atomic E-state index is -0.372. The summed E-state index contributed by atoms with van der Waals surface area (Å²) in [6, 6.07) is 3.11. The van der Waals surface area contributed by atoms with E-state index < -0.39 is 0 Å². The number of nitrogens with one attached hydrogen (secondary N) is 1. The SMILES string of the molecule is COc1cc(-c2noc([C@@H](NC(=O)C(C)C)C(C)C)n2)cc(OC)c1OC. The largest absolute Gasteiger partial charge is 0.493 e. The van der Waals surface area contributed by atoms with E-state index in [1.165, 1.54) is 7.11 Å². The smallest absolute Gasteiger partial charge is 0.249 e. The van der Waals surface area contributed by atoms with E-state index in [-0.39, 0.29) is 23.8 Å². The first-order chi connectivity index (χ1) is 12.8. The maximum atomic E-state index is 12.1. The van der Waals surface area contributed by atoms with Crippen molar-refractivity contribution in [1.29, 1.82) is 0 Å². The second-order valence-corrected chi connectivity index (χ2v) is 6.76. The molecule has 8 heteroatoms. The molecule has 0 fully saturated rings. The molecular weight excluding hydrogens is 350 g/mol. The lowest BCUT2D eigenvalue weighted by Gasteiger charge is -2.19. The van der Waals surface area contributed by atoms with Crippen molar-refractivity contribution in [1.82, 2.24) is 15.5 Å². The van der Waals surface area contributed by atoms with Gasteiger partial charge in [-0.2, -0.15) is 4.98 Å². The van der Waals surface area contributed by atoms with E-state index in [1.54, 1.807) is 26.4 Å². The van der Waals surface area contributed by atoms with E-state index in [9.17, 15) is 4.79 Å². The minimum Gasteiger partial charge on any atom is -0.493 e. The van der Waals surface area contributed by atoms with Gasteiger partial charge in [0.1, 0.15) is 6.04 Å². The van der Waals surface area contributed by atoms with Crippen LogP contribution in [0.25, 0.3) is 11.4 Å². The van der Waals surface area contributed by atoms with Crippen LogP contribution >= 0.6 is 0 Å². The summed E-state index contributed by atoms with van der Waals surface area (Å²) < 4.78 is 21.5. The maximum absolute atomic E-state index is 12.1. The second-order valence-electron chi connectivity index (χ2n) is 6.76. The highest BCUT2D eigenvalue weighted by molar-refractivity contribution is 5.78. The van der Waals surface area contributed by atoms with Gasteiger partial charge in [0, 0.05) is 11.5 Å². The van der Waals surface area contributed by atoms with Crippen molar-refractivity contribution >= 4 is 5.91 Å². The molecule has 27 heavy (non-hydrogen) atoms. The van der Waals surface area contributed by atoms with Crippen LogP contribution in [0.2, 0.25) is 0 Å². The fourth-order valence-corrected chi connectivity index (χ4v) is 2.52. The summed E-state index contributed by atoms with van der Waals surface area (Å²) in [4.78, 5) is 16.6. The molecule has 2 aromatic rings. The van der Waals surface area contributed by atoms with Crippen molar-refractivity contribution in [3.63, 3.8) is 0 Å². The molecule has 0 unspecified atom stereocenters. The van der Waals surface area contributed by atoms with Crippen molar-refractivity contribution in [3.8, 4) is 28.6 Å². The second kappa shape index (κ2) is 8.75. The molecule has 1 amide bonds. The van der Waals surface area contributed by atoms with Crippen LogP contribution in [0.3, 0.4) is 0 Å². The van der Waals surface area contributed by atoms with Gasteiger partial charge in [-0.15, -0.1) is 0 Å². The Kier molecular flexibility index (Phi) is 6.65. The molecular formula is C19H27N3O5. The standard InChI is InChI=1S/C19H27N3O5/c1-10(2)15(20-18(23)11(3)4)19-21-17(22-27-19)12-8-13(24-5)16(26-7)14(9-12)25-6/h8-11,15H,1-7H3,(H,20,23)/t15-/m0/s1. The summed E-state index contributed by atoms with van der Waals surface area (Å²) >= 11 is 0. The van der Waals surface area contributed by atoms with E-state index in [0.717, 1.165) is 0 Å². The van der Waals surface area contributed by atoms with Gasteiger partial charge in [-0.3, -0.25) is 4.79 Å². The third-order valence-electron chi connectivity index (χ3n) is 4.12. The van der Waals surface area contributed by atoms with Crippen molar-refractivity contribution < 1.29 is 23.5 Å². The third-order valence-corrected chi connectivity index (χ3v) is 4.12. The average Bonchev–Trinajstić information content (AvgIpc) is 3.13. The van der Waals surface area contributed by atoms with Gasteiger partial charge in [-0.05, 0) is 18.1 Å². The van der Waals surface area contributed by atoms with Gasteiger partial charge < -0.3 is 24.1 Å². The molecule has 1 aromatic heterocycles. The monoisotopic (exact) mass is 377 g/mol. The van der Waals surface area contributed by atoms with E-state index >= 15 is 0 Å². The summed E-state index contributed by atoms with van der Waals surface area (Å²) in [7, 11) is 4.62. The molecule has 148 valence electrons. The number of methoxy groups -OCH3 is 3. The molecule has 0 bridgehead atoms. The fraction of sp³-hybridized carbons (Fsp3) is 0.526. The number of hydrogen-bond donors (Lipinski definition) is 1. The topological polar surface area (TPSA) is 95.7 Å². The number of nitrogens with zero attached hydrogens (tertiary/aromatic N) is 2. The number of amides is 1. The van der Waals surface area contributed by atoms with Crippen LogP contribution in [0.15, 0.2) is 16.7 Å². The lowest BCUT2D eigenvalue weighted by molar-refractivity contribution is -0.125. The highest BCUT2D eigenvalue weighted by Crippen LogP contribution is 2.40. The Labute approximate surface area is 159 Å². The first kappa shape index (κ1) is 20.5. The quantitative estimate of drug-likeness (QED) is 0.754. The Morgan fingerprint density at radius 2 is 1.63 bits per heavy atom. The number of aromatic nitrogens is 2. The molecule has 0 saturated carbocycles. The van der Waals surface area contributed by atoms with Crippen LogP contribution in [-0.4, -0.2) is 37.4 Å². The molecule has 1 heterocycles. The summed E-state index contributed by atoms with van der Waals surface area (Å²) in [6.45, 7) is 7.63. The zero-order chi connectivity index (χ0) is 20.1. The van der Waals surface area contributed by atoms with Gasteiger partial charge in [-0.1, -0.05) is 32.9 Å². The minimum absolute atomic E-state index is 0.0683. The predicted octanol–water partition coefficient (Wildman–Crippen LogP) is 3.23. The maximum Gasteiger partial charge on any atom is 0.249 e. The molecule has 2 rings (SSSR count). The number of ether oxygens (including phenoxy) is 3. The first-order valence-corrected chi connectivity index (χ1v) is 8.76. The lowest BCUT2D eigenvalue weighted by atomic mass is 10.0. The molecule has 0 saturated heterocycles. The molecule has 1 N–H and O–H groups in total. The number of carbonyl (C=O) groups is 1. The van der Waals surface area contributed by atoms with E-state index in [4.69, 9.17) is 18.7 Å². The van der Waals surface area contributed by atoms with E-state index in [1.807, 2.05) is 27.7 Å². The molecule has 0 radical (unpaired) electrons. The molecule has 8 nitrogen and oxygen atoms in total. The van der Waals surface area contributed by atoms with Gasteiger partial charge in [0.25, 0.3) is 0 Å². The summed E-state index contributed by atoms with van der Waals surface area (Å²) in [5, 5.41) is 7.01. The van der Waals surface area contributed by atoms with Crippen LogP contribution in [-0.2, 0) is 4.79 Å². The van der Waals surface area contributed by atoms with Crippen LogP contribution < -0.4 is 19.5 Å². The molecule has 1 atom stereocenters. The van der Waals surface area contributed by atoms with Crippen molar-refractivity contribution in [2.45, 2.75) is 33.7 Å². The normalized spacial score (nSPS) is 12.2. The first-order valence-electron chi connectivity index (χ1n) is 8.76. The molecule has 0 aliphatic rings. The molecule has 0 spiro atoms. The molecule has 0 aliphatic carbocycles. The third kappa shape index (κ3) is 4.50. The number of rotatable bonds is 8. The average molecular weight is 377 g/mol. The van der Waals surface area contributed by atoms with E-state index in [2.05, 4.69) is 15.5 Å². The van der Waals surface area contributed by atoms with Crippen molar-refractivity contribution in [3.05, 3.63) is 18.0 Å². The Morgan fingerprint density at radius 3 is 2.07 bits per heavy atom. The van der Waals surface area contributed by atoms with Crippen LogP contribution in [0.1, 0.15) is 39.6 Å². The van der Waals surface area contributed by atoms with E-state index in [0.29, 0.717) is 34.5 Å². The van der Waals surface area contributed by atoms with Crippen molar-refractivity contribution in [2.24, 2.45) is 11.8 Å². The van der Waals surface area contributed by atoms with Crippen LogP contribution in [0, 0.1) is 11.8 Å². The van der Waals surface area contributed by atoms with Gasteiger partial charge in [-0.25, -0.2) is 0 Å². The van der Waals surface area contributed by atoms with Crippen LogP contribution in [0.5, 0.6) is 17.2 Å². The summed E-state index contributed by atoms with van der Waals surface area (Å²) in [5.74, 6) is 2.07. The molecule has 1 aromatic carbocycles. The Balaban J connectivity index is 2.40. The Morgan fingerprint density at radius 1 is 1.04 bits per heavy atom. The number of benzene rings is 1. The fourth-order valence-electron chi connectivity index (χ4n) is 2.52. The van der Waals surface area contributed by atoms with Gasteiger partial charge in [0.05, 0.1) is 21.3 Å². The predicted molar refractivity (Wildman–Crippen MR) is 99.9 cm³/mol. The van der Waals surface area contributed by atoms with Gasteiger partial charge >= 0.3 is 0 Å². The van der Waals surface area contributed by atoms with Gasteiger partial charge in [0.15, 0.2) is 11.5 Å². The number of carbonyl (C=O) groups excluding carboxylic acids is 1. The van der Waals surface area contributed by atoms with Crippen molar-refractivity contribution in [2.75, 3.05) is 21.3 Å². The Bertz CT molecular complexity index is 760. The number of hydrogen-bond acceptors (Lipinski definition) is 7. The molecule has 0 aliphatic heterocycles. The van der Waals surface area contributed by atoms with Crippen LogP contribution in [0.4, 0.5) is 0 Å². The summed E-state index contributed by atoms with van der Waals surface area (Å²) in [5.41, 5.74) is 0.650. The zero-order valence-electron chi connectivity index (χ0n) is 16.8. The van der Waals surface area contributed by atoms with Gasteiger partial charge in [0.2, 0.25) is 23.4 Å². The lowest BCUT2D eigenvalue weighted by Crippen LogP contribution is -2.34. The highest BCUT2D eigenvalue weighted by atomic mass is 16.5. The highest BCUT2D eigenvalue weighted by Gasteiger charge is 2.26.